The first-order chi connectivity index (χ1) is 7.65. The van der Waals surface area contributed by atoms with Crippen molar-refractivity contribution in [3.05, 3.63) is 34.9 Å². The minimum Gasteiger partial charge on any atom is -0.307 e. The summed E-state index contributed by atoms with van der Waals surface area (Å²) >= 11 is 5.96. The molecule has 1 fully saturated rings. The molecule has 0 saturated carbocycles. The van der Waals surface area contributed by atoms with Crippen LogP contribution in [0.5, 0.6) is 0 Å². The first-order valence-electron chi connectivity index (χ1n) is 6.16. The smallest absolute Gasteiger partial charge is 0.0457 e. The van der Waals surface area contributed by atoms with Gasteiger partial charge in [-0.15, -0.1) is 0 Å². The van der Waals surface area contributed by atoms with Crippen molar-refractivity contribution in [1.29, 1.82) is 0 Å². The lowest BCUT2D eigenvalue weighted by Crippen LogP contribution is -2.49. The van der Waals surface area contributed by atoms with Crippen molar-refractivity contribution < 1.29 is 0 Å². The molecular formula is C14H20ClN. The molecule has 1 saturated heterocycles. The van der Waals surface area contributed by atoms with Gasteiger partial charge in [0.25, 0.3) is 0 Å². The predicted molar refractivity (Wildman–Crippen MR) is 69.8 cm³/mol. The Morgan fingerprint density at radius 2 is 1.88 bits per heavy atom. The number of halogens is 1. The van der Waals surface area contributed by atoms with Crippen molar-refractivity contribution in [3.63, 3.8) is 0 Å². The van der Waals surface area contributed by atoms with Gasteiger partial charge in [-0.25, -0.2) is 0 Å². The molecule has 1 aliphatic heterocycles. The molecule has 0 amide bonds. The van der Waals surface area contributed by atoms with Gasteiger partial charge < -0.3 is 5.32 Å². The van der Waals surface area contributed by atoms with Crippen molar-refractivity contribution in [2.24, 2.45) is 5.92 Å². The maximum absolute atomic E-state index is 5.96. The minimum atomic E-state index is 0.156. The third-order valence-electron chi connectivity index (χ3n) is 3.78. The standard InChI is InChI=1S/C14H20ClN/c1-11(2)14(9-3-4-10-16-14)12-5-7-13(15)8-6-12/h5-8,11,16H,3-4,9-10H2,1-2H3. The number of nitrogens with one attached hydrogen (secondary N) is 1. The van der Waals surface area contributed by atoms with Crippen LogP contribution in [0.15, 0.2) is 24.3 Å². The Balaban J connectivity index is 2.34. The van der Waals surface area contributed by atoms with Gasteiger partial charge in [0.2, 0.25) is 0 Å². The van der Waals surface area contributed by atoms with Crippen LogP contribution < -0.4 is 5.32 Å². The molecule has 1 aromatic carbocycles. The Labute approximate surface area is 103 Å². The highest BCUT2D eigenvalue weighted by Gasteiger charge is 2.36. The highest BCUT2D eigenvalue weighted by atomic mass is 35.5. The Kier molecular flexibility index (Phi) is 3.56. The van der Waals surface area contributed by atoms with Gasteiger partial charge in [0.1, 0.15) is 0 Å². The van der Waals surface area contributed by atoms with Crippen molar-refractivity contribution in [1.82, 2.24) is 5.32 Å². The zero-order chi connectivity index (χ0) is 11.6. The molecule has 1 unspecified atom stereocenters. The molecule has 1 N–H and O–H groups in total. The van der Waals surface area contributed by atoms with Crippen LogP contribution in [-0.4, -0.2) is 6.54 Å². The average Bonchev–Trinajstić information content (AvgIpc) is 2.30. The molecule has 0 radical (unpaired) electrons. The second kappa shape index (κ2) is 4.77. The summed E-state index contributed by atoms with van der Waals surface area (Å²) in [4.78, 5) is 0. The lowest BCUT2D eigenvalue weighted by molar-refractivity contribution is 0.184. The minimum absolute atomic E-state index is 0.156. The van der Waals surface area contributed by atoms with Crippen molar-refractivity contribution in [2.45, 2.75) is 38.6 Å². The normalized spacial score (nSPS) is 26.0. The lowest BCUT2D eigenvalue weighted by Gasteiger charge is -2.42. The fourth-order valence-corrected chi connectivity index (χ4v) is 2.87. The van der Waals surface area contributed by atoms with Gasteiger partial charge >= 0.3 is 0 Å². The molecule has 2 rings (SSSR count). The van der Waals surface area contributed by atoms with Gasteiger partial charge in [0.05, 0.1) is 0 Å². The Morgan fingerprint density at radius 1 is 1.19 bits per heavy atom. The maximum atomic E-state index is 5.96. The SMILES string of the molecule is CC(C)C1(c2ccc(Cl)cc2)CCCCN1. The van der Waals surface area contributed by atoms with E-state index in [1.54, 1.807) is 0 Å². The van der Waals surface area contributed by atoms with Gasteiger partial charge in [0.15, 0.2) is 0 Å². The van der Waals surface area contributed by atoms with Gasteiger partial charge in [-0.05, 0) is 49.4 Å². The molecule has 2 heteroatoms. The second-order valence-corrected chi connectivity index (χ2v) is 5.45. The van der Waals surface area contributed by atoms with Crippen LogP contribution in [0, 0.1) is 5.92 Å². The van der Waals surface area contributed by atoms with E-state index in [9.17, 15) is 0 Å². The number of benzene rings is 1. The van der Waals surface area contributed by atoms with Crippen LogP contribution in [0.3, 0.4) is 0 Å². The number of hydrogen-bond donors (Lipinski definition) is 1. The van der Waals surface area contributed by atoms with E-state index < -0.39 is 0 Å². The topological polar surface area (TPSA) is 12.0 Å². The highest BCUT2D eigenvalue weighted by molar-refractivity contribution is 6.30. The van der Waals surface area contributed by atoms with Gasteiger partial charge in [0, 0.05) is 10.6 Å². The van der Waals surface area contributed by atoms with Gasteiger partial charge in [-0.2, -0.15) is 0 Å². The number of hydrogen-bond acceptors (Lipinski definition) is 1. The van der Waals surface area contributed by atoms with Crippen LogP contribution in [0.1, 0.15) is 38.7 Å². The number of rotatable bonds is 2. The molecule has 0 aromatic heterocycles. The van der Waals surface area contributed by atoms with Crippen LogP contribution in [0.2, 0.25) is 5.02 Å². The van der Waals surface area contributed by atoms with E-state index in [0.29, 0.717) is 5.92 Å². The summed E-state index contributed by atoms with van der Waals surface area (Å²) in [5.74, 6) is 0.606. The van der Waals surface area contributed by atoms with E-state index in [1.807, 2.05) is 12.1 Å². The summed E-state index contributed by atoms with van der Waals surface area (Å²) in [7, 11) is 0. The molecule has 1 atom stereocenters. The predicted octanol–water partition coefficient (Wildman–Crippen LogP) is 3.96. The van der Waals surface area contributed by atoms with Crippen LogP contribution in [-0.2, 0) is 5.54 Å². The summed E-state index contributed by atoms with van der Waals surface area (Å²) in [6, 6.07) is 8.33. The Bertz CT molecular complexity index is 336. The van der Waals surface area contributed by atoms with Crippen molar-refractivity contribution >= 4 is 11.6 Å². The molecule has 1 nitrogen and oxygen atoms in total. The van der Waals surface area contributed by atoms with Gasteiger partial charge in [-0.1, -0.05) is 37.6 Å². The van der Waals surface area contributed by atoms with E-state index in [0.717, 1.165) is 11.6 Å². The molecule has 0 aliphatic carbocycles. The largest absolute Gasteiger partial charge is 0.307 e. The Hall–Kier alpha value is -0.530. The van der Waals surface area contributed by atoms with E-state index >= 15 is 0 Å². The zero-order valence-corrected chi connectivity index (χ0v) is 10.8. The summed E-state index contributed by atoms with van der Waals surface area (Å²) < 4.78 is 0. The lowest BCUT2D eigenvalue weighted by atomic mass is 9.74. The quantitative estimate of drug-likeness (QED) is 0.821. The molecule has 1 aliphatic rings. The zero-order valence-electron chi connectivity index (χ0n) is 10.1. The van der Waals surface area contributed by atoms with E-state index in [2.05, 4.69) is 31.3 Å². The van der Waals surface area contributed by atoms with Crippen molar-refractivity contribution in [2.75, 3.05) is 6.54 Å². The molecule has 0 bridgehead atoms. The third kappa shape index (κ3) is 2.11. The van der Waals surface area contributed by atoms with E-state index in [-0.39, 0.29) is 5.54 Å². The second-order valence-electron chi connectivity index (χ2n) is 5.02. The molecule has 1 heterocycles. The van der Waals surface area contributed by atoms with Gasteiger partial charge in [-0.3, -0.25) is 0 Å². The molecule has 1 aromatic rings. The molecule has 88 valence electrons. The van der Waals surface area contributed by atoms with Crippen LogP contribution >= 0.6 is 11.6 Å². The average molecular weight is 238 g/mol. The first-order valence-corrected chi connectivity index (χ1v) is 6.54. The third-order valence-corrected chi connectivity index (χ3v) is 4.04. The van der Waals surface area contributed by atoms with Crippen LogP contribution in [0.4, 0.5) is 0 Å². The number of piperidine rings is 1. The summed E-state index contributed by atoms with van der Waals surface area (Å²) in [5.41, 5.74) is 1.54. The summed E-state index contributed by atoms with van der Waals surface area (Å²) in [6.45, 7) is 5.72. The van der Waals surface area contributed by atoms with Crippen molar-refractivity contribution in [3.8, 4) is 0 Å². The molecule has 16 heavy (non-hydrogen) atoms. The fraction of sp³-hybridized carbons (Fsp3) is 0.571. The summed E-state index contributed by atoms with van der Waals surface area (Å²) in [6.07, 6.45) is 3.84. The Morgan fingerprint density at radius 3 is 2.38 bits per heavy atom. The molecular weight excluding hydrogens is 218 g/mol. The fourth-order valence-electron chi connectivity index (χ4n) is 2.75. The molecule has 0 spiro atoms. The monoisotopic (exact) mass is 237 g/mol. The van der Waals surface area contributed by atoms with E-state index in [4.69, 9.17) is 11.6 Å². The first kappa shape index (κ1) is 11.9. The maximum Gasteiger partial charge on any atom is 0.0457 e. The van der Waals surface area contributed by atoms with E-state index in [1.165, 1.54) is 24.8 Å². The summed E-state index contributed by atoms with van der Waals surface area (Å²) in [5, 5.41) is 4.54. The highest BCUT2D eigenvalue weighted by Crippen LogP contribution is 2.37. The van der Waals surface area contributed by atoms with Crippen LogP contribution in [0.25, 0.3) is 0 Å².